The maximum Gasteiger partial charge on any atom is 0.404 e. The Bertz CT molecular complexity index is 1110. The molecule has 4 N–H and O–H groups in total. The predicted octanol–water partition coefficient (Wildman–Crippen LogP) is 4.83. The third kappa shape index (κ3) is 15.0. The first-order valence-corrected chi connectivity index (χ1v) is 13.6. The summed E-state index contributed by atoms with van der Waals surface area (Å²) in [6, 6.07) is -0.819. The zero-order valence-corrected chi connectivity index (χ0v) is 25.3. The van der Waals surface area contributed by atoms with Crippen LogP contribution in [0, 0.1) is 5.41 Å². The highest BCUT2D eigenvalue weighted by Gasteiger charge is 2.32. The van der Waals surface area contributed by atoms with Gasteiger partial charge in [0.1, 0.15) is 18.2 Å². The molecule has 226 valence electrons. The van der Waals surface area contributed by atoms with Crippen LogP contribution in [0.5, 0.6) is 0 Å². The smallest absolute Gasteiger partial charge is 0.404 e. The highest BCUT2D eigenvalue weighted by Crippen LogP contribution is 2.20. The molecular formula is C30H42ClN3O7. The minimum atomic E-state index is -0.900. The number of amides is 3. The van der Waals surface area contributed by atoms with Gasteiger partial charge in [0.15, 0.2) is 5.76 Å². The molecule has 0 fully saturated rings. The molecule has 0 aromatic carbocycles. The van der Waals surface area contributed by atoms with E-state index in [0.717, 1.165) is 5.57 Å². The van der Waals surface area contributed by atoms with E-state index in [1.165, 1.54) is 19.4 Å². The molecule has 3 amide bonds. The van der Waals surface area contributed by atoms with E-state index in [-0.39, 0.29) is 11.9 Å². The zero-order chi connectivity index (χ0) is 31.0. The molecule has 0 saturated heterocycles. The molecule has 41 heavy (non-hydrogen) atoms. The second kappa shape index (κ2) is 17.8. The summed E-state index contributed by atoms with van der Waals surface area (Å²) >= 11 is 5.84. The number of carbonyl (C=O) groups excluding carboxylic acids is 4. The van der Waals surface area contributed by atoms with Gasteiger partial charge in [0.2, 0.25) is 11.8 Å². The molecule has 0 saturated carbocycles. The van der Waals surface area contributed by atoms with Gasteiger partial charge in [-0.2, -0.15) is 0 Å². The number of hydrogen-bond acceptors (Lipinski definition) is 7. The number of nitrogens with one attached hydrogen (secondary N) is 2. The van der Waals surface area contributed by atoms with E-state index in [4.69, 9.17) is 31.5 Å². The third-order valence-electron chi connectivity index (χ3n) is 5.78. The van der Waals surface area contributed by atoms with Crippen molar-refractivity contribution in [2.75, 3.05) is 7.11 Å². The predicted molar refractivity (Wildman–Crippen MR) is 158 cm³/mol. The minimum absolute atomic E-state index is 0.222. The van der Waals surface area contributed by atoms with E-state index in [0.29, 0.717) is 30.7 Å². The van der Waals surface area contributed by atoms with Gasteiger partial charge in [-0.25, -0.2) is 9.59 Å². The van der Waals surface area contributed by atoms with Crippen LogP contribution in [0.2, 0.25) is 0 Å². The van der Waals surface area contributed by atoms with Crippen LogP contribution < -0.4 is 16.4 Å². The fourth-order valence-corrected chi connectivity index (χ4v) is 3.68. The summed E-state index contributed by atoms with van der Waals surface area (Å²) in [5.74, 6) is -1.07. The molecule has 1 aliphatic heterocycles. The first-order chi connectivity index (χ1) is 19.2. The second-order valence-corrected chi connectivity index (χ2v) is 11.1. The van der Waals surface area contributed by atoms with Gasteiger partial charge >= 0.3 is 12.1 Å². The average Bonchev–Trinajstić information content (AvgIpc) is 2.88. The van der Waals surface area contributed by atoms with Crippen molar-refractivity contribution in [2.45, 2.75) is 78.6 Å². The molecule has 3 atom stereocenters. The highest BCUT2D eigenvalue weighted by molar-refractivity contribution is 6.29. The van der Waals surface area contributed by atoms with Gasteiger partial charge in [-0.1, -0.05) is 74.4 Å². The molecule has 0 radical (unpaired) electrons. The van der Waals surface area contributed by atoms with Crippen molar-refractivity contribution in [3.05, 3.63) is 71.2 Å². The van der Waals surface area contributed by atoms with Gasteiger partial charge in [0, 0.05) is 36.8 Å². The van der Waals surface area contributed by atoms with Crippen molar-refractivity contribution in [2.24, 2.45) is 11.1 Å². The maximum atomic E-state index is 12.8. The molecule has 0 spiro atoms. The molecule has 10 nitrogen and oxygen atoms in total. The summed E-state index contributed by atoms with van der Waals surface area (Å²) in [5, 5.41) is 5.97. The Labute approximate surface area is 247 Å². The topological polar surface area (TPSA) is 146 Å². The van der Waals surface area contributed by atoms with Crippen LogP contribution in [0.3, 0.4) is 0 Å². The van der Waals surface area contributed by atoms with E-state index in [1.807, 2.05) is 39.8 Å². The Balaban J connectivity index is 2.64. The van der Waals surface area contributed by atoms with Gasteiger partial charge in [0.25, 0.3) is 0 Å². The van der Waals surface area contributed by atoms with Gasteiger partial charge in [0.05, 0.1) is 7.11 Å². The maximum absolute atomic E-state index is 12.8. The van der Waals surface area contributed by atoms with Crippen molar-refractivity contribution in [3.8, 4) is 0 Å². The van der Waals surface area contributed by atoms with E-state index < -0.39 is 41.4 Å². The first-order valence-electron chi connectivity index (χ1n) is 13.2. The van der Waals surface area contributed by atoms with Crippen LogP contribution in [-0.2, 0) is 28.6 Å². The van der Waals surface area contributed by atoms with Crippen LogP contribution in [0.4, 0.5) is 4.79 Å². The Morgan fingerprint density at radius 2 is 1.85 bits per heavy atom. The normalized spacial score (nSPS) is 18.2. The van der Waals surface area contributed by atoms with Crippen LogP contribution in [0.25, 0.3) is 0 Å². The Morgan fingerprint density at radius 3 is 2.44 bits per heavy atom. The highest BCUT2D eigenvalue weighted by atomic mass is 35.5. The van der Waals surface area contributed by atoms with Gasteiger partial charge < -0.3 is 30.6 Å². The minimum Gasteiger partial charge on any atom is -0.490 e. The summed E-state index contributed by atoms with van der Waals surface area (Å²) in [6.07, 6.45) is 15.0. The SMILES string of the molecule is COC1=CC[C@@H](C/C=C(C)/C=C/C=C/C(=O)NC(C(=O)N/C=C\CC(C/C=C(\C)Cl)OC(N)=O)C(C)(C)C)OC1=O. The molecule has 2 unspecified atom stereocenters. The molecule has 0 aliphatic carbocycles. The molecular weight excluding hydrogens is 550 g/mol. The van der Waals surface area contributed by atoms with Crippen LogP contribution in [0.15, 0.2) is 71.2 Å². The number of allylic oxidation sites excluding steroid dienone is 5. The largest absolute Gasteiger partial charge is 0.490 e. The quantitative estimate of drug-likeness (QED) is 0.149. The molecule has 1 aliphatic rings. The number of carbonyl (C=O) groups is 4. The summed E-state index contributed by atoms with van der Waals surface area (Å²) in [4.78, 5) is 48.2. The van der Waals surface area contributed by atoms with Crippen molar-refractivity contribution < 1.29 is 33.4 Å². The number of ether oxygens (including phenoxy) is 3. The van der Waals surface area contributed by atoms with E-state index in [2.05, 4.69) is 10.6 Å². The van der Waals surface area contributed by atoms with Crippen LogP contribution in [0.1, 0.15) is 60.3 Å². The number of hydrogen-bond donors (Lipinski definition) is 3. The number of primary amides is 1. The molecule has 0 bridgehead atoms. The Morgan fingerprint density at radius 1 is 1.17 bits per heavy atom. The second-order valence-electron chi connectivity index (χ2n) is 10.5. The fourth-order valence-electron chi connectivity index (χ4n) is 3.59. The third-order valence-corrected chi connectivity index (χ3v) is 5.94. The fraction of sp³-hybridized carbons (Fsp3) is 0.467. The number of cyclic esters (lactones) is 1. The van der Waals surface area contributed by atoms with Crippen LogP contribution in [-0.4, -0.2) is 49.2 Å². The van der Waals surface area contributed by atoms with Gasteiger partial charge in [-0.15, -0.1) is 0 Å². The first kappa shape index (κ1) is 35.2. The molecule has 0 aromatic rings. The van der Waals surface area contributed by atoms with Crippen LogP contribution >= 0.6 is 11.6 Å². The number of nitrogens with two attached hydrogens (primary N) is 1. The lowest BCUT2D eigenvalue weighted by Gasteiger charge is -2.29. The molecule has 1 heterocycles. The van der Waals surface area contributed by atoms with Crippen molar-refractivity contribution >= 4 is 35.5 Å². The number of esters is 1. The average molecular weight is 592 g/mol. The van der Waals surface area contributed by atoms with E-state index in [9.17, 15) is 19.2 Å². The lowest BCUT2D eigenvalue weighted by Crippen LogP contribution is -2.52. The lowest BCUT2D eigenvalue weighted by atomic mass is 9.86. The van der Waals surface area contributed by atoms with Gasteiger partial charge in [-0.3, -0.25) is 9.59 Å². The standard InChI is InChI=1S/C30H42ClN3O7/c1-20(13-15-23-17-18-24(39-6)28(37)40-23)10-7-8-12-25(35)34-26(30(3,4)5)27(36)33-19-9-11-22(41-29(32)38)16-14-21(2)31/h7-10,12-14,18-19,22-23,26H,11,15-17H2,1-6H3,(H2,32,38)(H,33,36)(H,34,35)/b10-7+,12-8+,19-9-,20-13+,21-14+/t22?,23-,26?/m1/s1. The summed E-state index contributed by atoms with van der Waals surface area (Å²) < 4.78 is 15.3. The number of methoxy groups -OCH3 is 1. The van der Waals surface area contributed by atoms with Crippen molar-refractivity contribution in [3.63, 3.8) is 0 Å². The summed E-state index contributed by atoms with van der Waals surface area (Å²) in [5.41, 5.74) is 5.48. The zero-order valence-electron chi connectivity index (χ0n) is 24.6. The van der Waals surface area contributed by atoms with E-state index >= 15 is 0 Å². The molecule has 1 rings (SSSR count). The monoisotopic (exact) mass is 591 g/mol. The van der Waals surface area contributed by atoms with Gasteiger partial charge in [-0.05, 0) is 31.5 Å². The number of rotatable bonds is 14. The lowest BCUT2D eigenvalue weighted by molar-refractivity contribution is -0.149. The van der Waals surface area contributed by atoms with Crippen molar-refractivity contribution in [1.29, 1.82) is 0 Å². The molecule has 0 aromatic heterocycles. The summed E-state index contributed by atoms with van der Waals surface area (Å²) in [7, 11) is 1.43. The Kier molecular flexibility index (Phi) is 15.3. The molecule has 11 heteroatoms. The van der Waals surface area contributed by atoms with Crippen molar-refractivity contribution in [1.82, 2.24) is 10.6 Å². The summed E-state index contributed by atoms with van der Waals surface area (Å²) in [6.45, 7) is 9.13. The number of halogens is 1. The van der Waals surface area contributed by atoms with E-state index in [1.54, 1.807) is 37.3 Å². The Hall–Kier alpha value is -3.79.